The van der Waals surface area contributed by atoms with Crippen LogP contribution < -0.4 is 5.73 Å². The summed E-state index contributed by atoms with van der Waals surface area (Å²) < 4.78 is 0. The molecule has 0 aromatic rings. The third kappa shape index (κ3) is 5.28. The van der Waals surface area contributed by atoms with E-state index in [1.807, 2.05) is 0 Å². The summed E-state index contributed by atoms with van der Waals surface area (Å²) in [5, 5.41) is 0. The number of nitrogens with two attached hydrogens (primary N) is 1. The van der Waals surface area contributed by atoms with E-state index in [9.17, 15) is 0 Å². The molecule has 1 fully saturated rings. The van der Waals surface area contributed by atoms with Gasteiger partial charge in [-0.1, -0.05) is 13.3 Å². The fourth-order valence-electron chi connectivity index (χ4n) is 2.32. The van der Waals surface area contributed by atoms with Crippen LogP contribution in [0.15, 0.2) is 0 Å². The van der Waals surface area contributed by atoms with E-state index >= 15 is 0 Å². The lowest BCUT2D eigenvalue weighted by Gasteiger charge is -2.22. The highest BCUT2D eigenvalue weighted by Crippen LogP contribution is 2.08. The predicted molar refractivity (Wildman–Crippen MR) is 70.6 cm³/mol. The van der Waals surface area contributed by atoms with Crippen LogP contribution in [0.2, 0.25) is 0 Å². The summed E-state index contributed by atoms with van der Waals surface area (Å²) in [7, 11) is 2.24. The van der Waals surface area contributed by atoms with Crippen LogP contribution >= 0.6 is 0 Å². The van der Waals surface area contributed by atoms with E-state index in [1.54, 1.807) is 0 Å². The van der Waals surface area contributed by atoms with Crippen molar-refractivity contribution in [1.82, 2.24) is 9.80 Å². The lowest BCUT2D eigenvalue weighted by Crippen LogP contribution is -2.33. The molecule has 16 heavy (non-hydrogen) atoms. The second-order valence-corrected chi connectivity index (χ2v) is 5.15. The first-order valence-electron chi connectivity index (χ1n) is 6.87. The first kappa shape index (κ1) is 13.9. The topological polar surface area (TPSA) is 32.5 Å². The van der Waals surface area contributed by atoms with E-state index < -0.39 is 0 Å². The lowest BCUT2D eigenvalue weighted by atomic mass is 10.0. The highest BCUT2D eigenvalue weighted by molar-refractivity contribution is 4.68. The van der Waals surface area contributed by atoms with Gasteiger partial charge in [-0.3, -0.25) is 0 Å². The summed E-state index contributed by atoms with van der Waals surface area (Å²) in [5.74, 6) is 0.717. The summed E-state index contributed by atoms with van der Waals surface area (Å²) in [4.78, 5) is 5.04. The lowest BCUT2D eigenvalue weighted by molar-refractivity contribution is 0.244. The Morgan fingerprint density at radius 1 is 1.25 bits per heavy atom. The molecule has 0 aromatic heterocycles. The maximum absolute atomic E-state index is 5.72. The molecule has 2 N–H and O–H groups in total. The van der Waals surface area contributed by atoms with Crippen molar-refractivity contribution in [2.75, 3.05) is 46.3 Å². The van der Waals surface area contributed by atoms with Crippen molar-refractivity contribution in [3.63, 3.8) is 0 Å². The molecular weight excluding hydrogens is 198 g/mol. The van der Waals surface area contributed by atoms with Gasteiger partial charge >= 0.3 is 0 Å². The molecule has 0 amide bonds. The molecule has 1 aliphatic rings. The molecule has 0 bridgehead atoms. The van der Waals surface area contributed by atoms with Gasteiger partial charge in [-0.15, -0.1) is 0 Å². The molecule has 1 heterocycles. The Bertz CT molecular complexity index is 157. The van der Waals surface area contributed by atoms with Gasteiger partial charge in [0.15, 0.2) is 0 Å². The van der Waals surface area contributed by atoms with Gasteiger partial charge in [0.2, 0.25) is 0 Å². The van der Waals surface area contributed by atoms with Crippen LogP contribution in [-0.4, -0.2) is 56.1 Å². The molecular formula is C13H29N3. The first-order valence-corrected chi connectivity index (χ1v) is 6.87. The SMILES string of the molecule is CCC(CN)CCN(C)CCN1CCCC1. The molecule has 96 valence electrons. The van der Waals surface area contributed by atoms with Crippen LogP contribution in [-0.2, 0) is 0 Å². The van der Waals surface area contributed by atoms with Gasteiger partial charge in [-0.2, -0.15) is 0 Å². The van der Waals surface area contributed by atoms with Crippen molar-refractivity contribution in [3.8, 4) is 0 Å². The van der Waals surface area contributed by atoms with E-state index in [4.69, 9.17) is 5.73 Å². The molecule has 0 aromatic carbocycles. The number of likely N-dealkylation sites (tertiary alicyclic amines) is 1. The Kier molecular flexibility index (Phi) is 7.01. The standard InChI is InChI=1S/C13H29N3/c1-3-13(12-14)6-9-15(2)10-11-16-7-4-5-8-16/h13H,3-12,14H2,1-2H3. The highest BCUT2D eigenvalue weighted by Gasteiger charge is 2.12. The molecule has 3 nitrogen and oxygen atoms in total. The summed E-state index contributed by atoms with van der Waals surface area (Å²) in [6, 6.07) is 0. The number of likely N-dealkylation sites (N-methyl/N-ethyl adjacent to an activating group) is 1. The van der Waals surface area contributed by atoms with Crippen molar-refractivity contribution in [3.05, 3.63) is 0 Å². The molecule has 0 spiro atoms. The van der Waals surface area contributed by atoms with Crippen LogP contribution in [0.5, 0.6) is 0 Å². The van der Waals surface area contributed by atoms with E-state index in [-0.39, 0.29) is 0 Å². The number of rotatable bonds is 8. The van der Waals surface area contributed by atoms with E-state index in [1.165, 1.54) is 58.4 Å². The first-order chi connectivity index (χ1) is 7.76. The van der Waals surface area contributed by atoms with Crippen molar-refractivity contribution in [2.24, 2.45) is 11.7 Å². The van der Waals surface area contributed by atoms with Crippen molar-refractivity contribution < 1.29 is 0 Å². The van der Waals surface area contributed by atoms with Crippen LogP contribution in [0, 0.1) is 5.92 Å². The number of nitrogens with zero attached hydrogens (tertiary/aromatic N) is 2. The van der Waals surface area contributed by atoms with Crippen LogP contribution in [0.4, 0.5) is 0 Å². The van der Waals surface area contributed by atoms with Gasteiger partial charge in [0.25, 0.3) is 0 Å². The zero-order valence-corrected chi connectivity index (χ0v) is 11.1. The quantitative estimate of drug-likeness (QED) is 0.680. The van der Waals surface area contributed by atoms with Gasteiger partial charge < -0.3 is 15.5 Å². The number of hydrogen-bond acceptors (Lipinski definition) is 3. The third-order valence-corrected chi connectivity index (χ3v) is 3.83. The largest absolute Gasteiger partial charge is 0.330 e. The molecule has 1 unspecified atom stereocenters. The van der Waals surface area contributed by atoms with Gasteiger partial charge in [-0.25, -0.2) is 0 Å². The minimum Gasteiger partial charge on any atom is -0.330 e. The van der Waals surface area contributed by atoms with Gasteiger partial charge in [-0.05, 0) is 58.4 Å². The van der Waals surface area contributed by atoms with Gasteiger partial charge in [0.1, 0.15) is 0 Å². The van der Waals surface area contributed by atoms with E-state index in [2.05, 4.69) is 23.8 Å². The zero-order chi connectivity index (χ0) is 11.8. The Morgan fingerprint density at radius 2 is 1.94 bits per heavy atom. The van der Waals surface area contributed by atoms with E-state index in [0.29, 0.717) is 5.92 Å². The Labute approximate surface area is 101 Å². The van der Waals surface area contributed by atoms with Crippen LogP contribution in [0.25, 0.3) is 0 Å². The zero-order valence-electron chi connectivity index (χ0n) is 11.1. The summed E-state index contributed by atoms with van der Waals surface area (Å²) >= 11 is 0. The minimum atomic E-state index is 0.717. The van der Waals surface area contributed by atoms with Crippen molar-refractivity contribution in [1.29, 1.82) is 0 Å². The fraction of sp³-hybridized carbons (Fsp3) is 1.00. The molecule has 0 radical (unpaired) electrons. The van der Waals surface area contributed by atoms with Crippen LogP contribution in [0.3, 0.4) is 0 Å². The van der Waals surface area contributed by atoms with Crippen LogP contribution in [0.1, 0.15) is 32.6 Å². The predicted octanol–water partition coefficient (Wildman–Crippen LogP) is 1.39. The Balaban J connectivity index is 2.03. The maximum Gasteiger partial charge on any atom is 0.0109 e. The van der Waals surface area contributed by atoms with Crippen molar-refractivity contribution >= 4 is 0 Å². The second-order valence-electron chi connectivity index (χ2n) is 5.15. The second kappa shape index (κ2) is 8.04. The highest BCUT2D eigenvalue weighted by atomic mass is 15.2. The maximum atomic E-state index is 5.72. The normalized spacial score (nSPS) is 19.5. The molecule has 0 saturated carbocycles. The van der Waals surface area contributed by atoms with E-state index in [0.717, 1.165) is 6.54 Å². The molecule has 3 heteroatoms. The molecule has 1 rings (SSSR count). The molecule has 1 atom stereocenters. The smallest absolute Gasteiger partial charge is 0.0109 e. The Hall–Kier alpha value is -0.120. The molecule has 1 saturated heterocycles. The number of hydrogen-bond donors (Lipinski definition) is 1. The van der Waals surface area contributed by atoms with Gasteiger partial charge in [0.05, 0.1) is 0 Å². The molecule has 0 aliphatic carbocycles. The summed E-state index contributed by atoms with van der Waals surface area (Å²) in [5.41, 5.74) is 5.72. The van der Waals surface area contributed by atoms with Crippen molar-refractivity contribution in [2.45, 2.75) is 32.6 Å². The summed E-state index contributed by atoms with van der Waals surface area (Å²) in [6.45, 7) is 9.36. The summed E-state index contributed by atoms with van der Waals surface area (Å²) in [6.07, 6.45) is 5.27. The Morgan fingerprint density at radius 3 is 2.50 bits per heavy atom. The fourth-order valence-corrected chi connectivity index (χ4v) is 2.32. The monoisotopic (exact) mass is 227 g/mol. The van der Waals surface area contributed by atoms with Gasteiger partial charge in [0, 0.05) is 13.1 Å². The third-order valence-electron chi connectivity index (χ3n) is 3.83. The average molecular weight is 227 g/mol. The molecule has 1 aliphatic heterocycles. The average Bonchev–Trinajstić information content (AvgIpc) is 2.80. The minimum absolute atomic E-state index is 0.717.